The summed E-state index contributed by atoms with van der Waals surface area (Å²) in [4.78, 5) is 12.7. The molecular formula is C14H15F3N4. The summed E-state index contributed by atoms with van der Waals surface area (Å²) in [6.07, 6.45) is -0.216. The number of nitrogens with zero attached hydrogens (tertiary/aromatic N) is 3. The summed E-state index contributed by atoms with van der Waals surface area (Å²) in [6, 6.07) is 5.73. The molecule has 0 unspecified atom stereocenters. The van der Waals surface area contributed by atoms with Crippen molar-refractivity contribution in [3.05, 3.63) is 42.1 Å². The highest BCUT2D eigenvalue weighted by Gasteiger charge is 2.34. The molecular weight excluding hydrogens is 281 g/mol. The number of hydrogen-bond donors (Lipinski definition) is 1. The molecule has 1 aliphatic heterocycles. The van der Waals surface area contributed by atoms with Crippen LogP contribution < -0.4 is 4.90 Å². The van der Waals surface area contributed by atoms with Crippen molar-refractivity contribution < 1.29 is 13.2 Å². The van der Waals surface area contributed by atoms with Gasteiger partial charge in [0.2, 0.25) is 0 Å². The first kappa shape index (κ1) is 13.9. The van der Waals surface area contributed by atoms with Crippen LogP contribution in [0.15, 0.2) is 30.6 Å². The molecule has 0 aromatic carbocycles. The Hall–Kier alpha value is -2.05. The van der Waals surface area contributed by atoms with Crippen molar-refractivity contribution in [2.24, 2.45) is 0 Å². The predicted molar refractivity (Wildman–Crippen MR) is 72.0 cm³/mol. The zero-order valence-electron chi connectivity index (χ0n) is 11.3. The lowest BCUT2D eigenvalue weighted by atomic mass is 9.96. The van der Waals surface area contributed by atoms with Crippen LogP contribution in [0.4, 0.5) is 19.0 Å². The molecule has 2 aromatic heterocycles. The summed E-state index contributed by atoms with van der Waals surface area (Å²) < 4.78 is 37.7. The third kappa shape index (κ3) is 3.01. The number of H-pyrrole nitrogens is 1. The number of pyridine rings is 1. The molecule has 4 nitrogen and oxygen atoms in total. The van der Waals surface area contributed by atoms with Crippen LogP contribution in [0.3, 0.4) is 0 Å². The number of rotatable bonds is 2. The first-order chi connectivity index (χ1) is 10.0. The van der Waals surface area contributed by atoms with E-state index in [2.05, 4.69) is 19.9 Å². The van der Waals surface area contributed by atoms with Gasteiger partial charge in [-0.3, -0.25) is 0 Å². The van der Waals surface area contributed by atoms with E-state index in [4.69, 9.17) is 0 Å². The summed E-state index contributed by atoms with van der Waals surface area (Å²) in [6.45, 7) is 1.54. The molecule has 0 bridgehead atoms. The first-order valence-electron chi connectivity index (χ1n) is 6.82. The maximum Gasteiger partial charge on any atom is 0.432 e. The molecule has 2 aromatic rings. The van der Waals surface area contributed by atoms with Crippen LogP contribution in [0.1, 0.15) is 30.3 Å². The van der Waals surface area contributed by atoms with Crippen molar-refractivity contribution in [1.82, 2.24) is 15.0 Å². The number of hydrogen-bond acceptors (Lipinski definition) is 3. The molecule has 1 saturated heterocycles. The van der Waals surface area contributed by atoms with Crippen molar-refractivity contribution in [2.45, 2.75) is 24.9 Å². The highest BCUT2D eigenvalue weighted by molar-refractivity contribution is 5.38. The van der Waals surface area contributed by atoms with Crippen LogP contribution in [0.25, 0.3) is 0 Å². The number of nitrogens with one attached hydrogen (secondary N) is 1. The molecule has 0 saturated carbocycles. The van der Waals surface area contributed by atoms with Gasteiger partial charge in [-0.2, -0.15) is 13.2 Å². The topological polar surface area (TPSA) is 44.8 Å². The second-order valence-corrected chi connectivity index (χ2v) is 5.13. The van der Waals surface area contributed by atoms with Gasteiger partial charge in [0.1, 0.15) is 17.3 Å². The van der Waals surface area contributed by atoms with Crippen molar-refractivity contribution in [1.29, 1.82) is 0 Å². The monoisotopic (exact) mass is 296 g/mol. The highest BCUT2D eigenvalue weighted by atomic mass is 19.4. The standard InChI is InChI=1S/C14H15F3N4/c15-14(16,17)11-9-19-13(20-11)10-4-7-21(8-5-10)12-3-1-2-6-18-12/h1-3,6,9-10H,4-5,7-8H2,(H,19,20). The van der Waals surface area contributed by atoms with Gasteiger partial charge in [0, 0.05) is 25.2 Å². The van der Waals surface area contributed by atoms with Crippen LogP contribution in [0, 0.1) is 0 Å². The van der Waals surface area contributed by atoms with Crippen LogP contribution in [0.5, 0.6) is 0 Å². The van der Waals surface area contributed by atoms with Gasteiger partial charge in [0.05, 0.1) is 6.20 Å². The number of imidazole rings is 1. The molecule has 1 N–H and O–H groups in total. The van der Waals surface area contributed by atoms with Gasteiger partial charge in [-0.15, -0.1) is 0 Å². The van der Waals surface area contributed by atoms with Crippen LogP contribution in [-0.2, 0) is 6.18 Å². The second kappa shape index (κ2) is 5.38. The molecule has 3 rings (SSSR count). The Morgan fingerprint density at radius 2 is 1.90 bits per heavy atom. The Balaban J connectivity index is 1.65. The Kier molecular flexibility index (Phi) is 3.57. The number of piperidine rings is 1. The van der Waals surface area contributed by atoms with Gasteiger partial charge in [0.25, 0.3) is 0 Å². The van der Waals surface area contributed by atoms with Crippen molar-refractivity contribution in [2.75, 3.05) is 18.0 Å². The molecule has 21 heavy (non-hydrogen) atoms. The summed E-state index contributed by atoms with van der Waals surface area (Å²) in [5.41, 5.74) is -0.773. The van der Waals surface area contributed by atoms with Crippen molar-refractivity contribution in [3.8, 4) is 0 Å². The summed E-state index contributed by atoms with van der Waals surface area (Å²) in [5, 5.41) is 0. The van der Waals surface area contributed by atoms with E-state index in [1.165, 1.54) is 0 Å². The quantitative estimate of drug-likeness (QED) is 0.925. The smallest absolute Gasteiger partial charge is 0.357 e. The van der Waals surface area contributed by atoms with Gasteiger partial charge in [-0.05, 0) is 25.0 Å². The third-order valence-corrected chi connectivity index (χ3v) is 3.76. The lowest BCUT2D eigenvalue weighted by Gasteiger charge is -2.31. The van der Waals surface area contributed by atoms with E-state index in [0.29, 0.717) is 5.82 Å². The van der Waals surface area contributed by atoms with E-state index in [9.17, 15) is 13.2 Å². The molecule has 0 radical (unpaired) electrons. The third-order valence-electron chi connectivity index (χ3n) is 3.76. The minimum absolute atomic E-state index is 0.0427. The summed E-state index contributed by atoms with van der Waals surface area (Å²) in [5.74, 6) is 1.38. The van der Waals surface area contributed by atoms with E-state index in [-0.39, 0.29) is 5.92 Å². The number of aromatic amines is 1. The normalized spacial score (nSPS) is 17.2. The van der Waals surface area contributed by atoms with E-state index < -0.39 is 11.9 Å². The van der Waals surface area contributed by atoms with Crippen molar-refractivity contribution >= 4 is 5.82 Å². The van der Waals surface area contributed by atoms with Gasteiger partial charge >= 0.3 is 6.18 Å². The fourth-order valence-electron chi connectivity index (χ4n) is 2.61. The summed E-state index contributed by atoms with van der Waals surface area (Å²) in [7, 11) is 0. The van der Waals surface area contributed by atoms with Crippen molar-refractivity contribution in [3.63, 3.8) is 0 Å². The van der Waals surface area contributed by atoms with Gasteiger partial charge in [-0.25, -0.2) is 9.97 Å². The molecule has 1 aliphatic rings. The maximum atomic E-state index is 12.6. The zero-order valence-corrected chi connectivity index (χ0v) is 11.3. The molecule has 0 amide bonds. The lowest BCUT2D eigenvalue weighted by molar-refractivity contribution is -0.141. The fourth-order valence-corrected chi connectivity index (χ4v) is 2.61. The largest absolute Gasteiger partial charge is 0.432 e. The van der Waals surface area contributed by atoms with E-state index in [0.717, 1.165) is 37.9 Å². The maximum absolute atomic E-state index is 12.6. The van der Waals surface area contributed by atoms with E-state index >= 15 is 0 Å². The summed E-state index contributed by atoms with van der Waals surface area (Å²) >= 11 is 0. The number of halogens is 3. The Morgan fingerprint density at radius 1 is 1.14 bits per heavy atom. The first-order valence-corrected chi connectivity index (χ1v) is 6.82. The number of anilines is 1. The molecule has 3 heterocycles. The average molecular weight is 296 g/mol. The minimum Gasteiger partial charge on any atom is -0.357 e. The molecule has 0 aliphatic carbocycles. The lowest BCUT2D eigenvalue weighted by Crippen LogP contribution is -2.33. The van der Waals surface area contributed by atoms with Crippen LogP contribution in [0.2, 0.25) is 0 Å². The zero-order chi connectivity index (χ0) is 14.9. The van der Waals surface area contributed by atoms with E-state index in [1.54, 1.807) is 6.20 Å². The molecule has 0 atom stereocenters. The average Bonchev–Trinajstić information content (AvgIpc) is 2.98. The highest BCUT2D eigenvalue weighted by Crippen LogP contribution is 2.32. The van der Waals surface area contributed by atoms with Gasteiger partial charge in [-0.1, -0.05) is 6.07 Å². The molecule has 112 valence electrons. The number of aromatic nitrogens is 3. The van der Waals surface area contributed by atoms with Gasteiger partial charge < -0.3 is 9.88 Å². The van der Waals surface area contributed by atoms with Crippen LogP contribution in [-0.4, -0.2) is 28.0 Å². The minimum atomic E-state index is -4.36. The second-order valence-electron chi connectivity index (χ2n) is 5.13. The Morgan fingerprint density at radius 3 is 2.48 bits per heavy atom. The molecule has 0 spiro atoms. The van der Waals surface area contributed by atoms with Gasteiger partial charge in [0.15, 0.2) is 0 Å². The predicted octanol–water partition coefficient (Wildman–Crippen LogP) is 3.21. The fraction of sp³-hybridized carbons (Fsp3) is 0.429. The molecule has 7 heteroatoms. The van der Waals surface area contributed by atoms with E-state index in [1.807, 2.05) is 18.2 Å². The Bertz CT molecular complexity index is 586. The number of alkyl halides is 3. The SMILES string of the molecule is FC(F)(F)c1cnc(C2CCN(c3ccccn3)CC2)[nH]1. The molecule has 1 fully saturated rings. The van der Waals surface area contributed by atoms with Crippen LogP contribution >= 0.6 is 0 Å². The Labute approximate surface area is 120 Å².